The van der Waals surface area contributed by atoms with Crippen molar-refractivity contribution in [3.63, 3.8) is 0 Å². The number of fused-ring (bicyclic) bond motifs is 1. The topological polar surface area (TPSA) is 145 Å². The maximum absolute atomic E-state index is 12.5. The molecule has 0 aromatic heterocycles. The van der Waals surface area contributed by atoms with E-state index in [-0.39, 0.29) is 11.5 Å². The SMILES string of the molecule is CCN1C(=O)C(C)Oc2ccc(NC(=O)c3cc([N+](=O)[O-])cc([N+](=O)[O-])c3)cc21. The smallest absolute Gasteiger partial charge is 0.277 e. The average molecular weight is 400 g/mol. The van der Waals surface area contributed by atoms with Crippen LogP contribution in [0.4, 0.5) is 22.7 Å². The molecule has 0 radical (unpaired) electrons. The number of amides is 2. The molecule has 2 aromatic carbocycles. The molecule has 11 nitrogen and oxygen atoms in total. The van der Waals surface area contributed by atoms with E-state index in [1.165, 1.54) is 11.0 Å². The highest BCUT2D eigenvalue weighted by atomic mass is 16.6. The second-order valence-electron chi connectivity index (χ2n) is 6.23. The highest BCUT2D eigenvalue weighted by molar-refractivity contribution is 6.06. The van der Waals surface area contributed by atoms with Gasteiger partial charge in [0.15, 0.2) is 6.10 Å². The minimum Gasteiger partial charge on any atom is -0.479 e. The zero-order valence-electron chi connectivity index (χ0n) is 15.4. The maximum atomic E-state index is 12.5. The van der Waals surface area contributed by atoms with Crippen LogP contribution in [-0.4, -0.2) is 34.3 Å². The van der Waals surface area contributed by atoms with Crippen LogP contribution >= 0.6 is 0 Å². The van der Waals surface area contributed by atoms with Gasteiger partial charge >= 0.3 is 0 Å². The van der Waals surface area contributed by atoms with E-state index in [2.05, 4.69) is 5.32 Å². The molecule has 150 valence electrons. The van der Waals surface area contributed by atoms with E-state index in [0.29, 0.717) is 23.7 Å². The molecule has 3 rings (SSSR count). The molecule has 0 saturated heterocycles. The van der Waals surface area contributed by atoms with Crippen LogP contribution < -0.4 is 15.0 Å². The number of hydrogen-bond donors (Lipinski definition) is 1. The fourth-order valence-corrected chi connectivity index (χ4v) is 2.95. The molecule has 11 heteroatoms. The van der Waals surface area contributed by atoms with E-state index in [1.54, 1.807) is 26.0 Å². The van der Waals surface area contributed by atoms with Gasteiger partial charge < -0.3 is 15.0 Å². The monoisotopic (exact) mass is 400 g/mol. The van der Waals surface area contributed by atoms with Crippen molar-refractivity contribution in [3.8, 4) is 5.75 Å². The van der Waals surface area contributed by atoms with Gasteiger partial charge in [-0.3, -0.25) is 29.8 Å². The molecule has 2 amide bonds. The summed E-state index contributed by atoms with van der Waals surface area (Å²) in [5, 5.41) is 24.5. The lowest BCUT2D eigenvalue weighted by Crippen LogP contribution is -2.44. The Morgan fingerprint density at radius 3 is 2.31 bits per heavy atom. The van der Waals surface area contributed by atoms with Crippen LogP contribution in [-0.2, 0) is 4.79 Å². The Balaban J connectivity index is 1.92. The summed E-state index contributed by atoms with van der Waals surface area (Å²) in [6.07, 6.45) is -0.631. The second-order valence-corrected chi connectivity index (χ2v) is 6.23. The number of ether oxygens (including phenoxy) is 1. The predicted octanol–water partition coefficient (Wildman–Crippen LogP) is 2.89. The number of nitro groups is 2. The Morgan fingerprint density at radius 2 is 1.76 bits per heavy atom. The van der Waals surface area contributed by atoms with Crippen molar-refractivity contribution < 1.29 is 24.2 Å². The highest BCUT2D eigenvalue weighted by Crippen LogP contribution is 2.36. The van der Waals surface area contributed by atoms with Gasteiger partial charge in [0.25, 0.3) is 23.2 Å². The Hall–Kier alpha value is -4.02. The Kier molecular flexibility index (Phi) is 5.13. The first-order valence-corrected chi connectivity index (χ1v) is 8.58. The first-order valence-electron chi connectivity index (χ1n) is 8.58. The van der Waals surface area contributed by atoms with Crippen LogP contribution in [0.15, 0.2) is 36.4 Å². The molecule has 0 fully saturated rings. The van der Waals surface area contributed by atoms with Crippen LogP contribution in [0, 0.1) is 20.2 Å². The number of carbonyl (C=O) groups excluding carboxylic acids is 2. The molecule has 1 N–H and O–H groups in total. The van der Waals surface area contributed by atoms with E-state index in [4.69, 9.17) is 4.74 Å². The van der Waals surface area contributed by atoms with Gasteiger partial charge in [-0.1, -0.05) is 0 Å². The maximum Gasteiger partial charge on any atom is 0.277 e. The zero-order valence-corrected chi connectivity index (χ0v) is 15.4. The number of anilines is 2. The number of nitrogens with zero attached hydrogens (tertiary/aromatic N) is 3. The van der Waals surface area contributed by atoms with Gasteiger partial charge in [-0.2, -0.15) is 0 Å². The van der Waals surface area contributed by atoms with E-state index in [1.807, 2.05) is 0 Å². The van der Waals surface area contributed by atoms with E-state index >= 15 is 0 Å². The highest BCUT2D eigenvalue weighted by Gasteiger charge is 2.30. The zero-order chi connectivity index (χ0) is 21.3. The summed E-state index contributed by atoms with van der Waals surface area (Å²) in [5.74, 6) is -0.517. The number of rotatable bonds is 5. The number of hydrogen-bond acceptors (Lipinski definition) is 7. The summed E-state index contributed by atoms with van der Waals surface area (Å²) in [7, 11) is 0. The van der Waals surface area contributed by atoms with Gasteiger partial charge in [0.05, 0.1) is 27.2 Å². The van der Waals surface area contributed by atoms with Crippen LogP contribution in [0.1, 0.15) is 24.2 Å². The predicted molar refractivity (Wildman–Crippen MR) is 102 cm³/mol. The molecule has 1 aliphatic rings. The lowest BCUT2D eigenvalue weighted by atomic mass is 10.1. The van der Waals surface area contributed by atoms with Gasteiger partial charge in [0.2, 0.25) is 0 Å². The molecule has 1 heterocycles. The summed E-state index contributed by atoms with van der Waals surface area (Å²) in [4.78, 5) is 46.7. The van der Waals surface area contributed by atoms with Crippen molar-refractivity contribution in [1.29, 1.82) is 0 Å². The van der Waals surface area contributed by atoms with Crippen LogP contribution in [0.25, 0.3) is 0 Å². The first kappa shape index (κ1) is 19.7. The number of non-ortho nitro benzene ring substituents is 2. The fraction of sp³-hybridized carbons (Fsp3) is 0.222. The lowest BCUT2D eigenvalue weighted by molar-refractivity contribution is -0.394. The van der Waals surface area contributed by atoms with E-state index in [9.17, 15) is 29.8 Å². The molecular formula is C18H16N4O7. The number of nitro benzene ring substituents is 2. The fourth-order valence-electron chi connectivity index (χ4n) is 2.95. The van der Waals surface area contributed by atoms with Gasteiger partial charge in [0.1, 0.15) is 5.75 Å². The third-order valence-corrected chi connectivity index (χ3v) is 4.33. The number of carbonyl (C=O) groups is 2. The van der Waals surface area contributed by atoms with Crippen molar-refractivity contribution in [1.82, 2.24) is 0 Å². The average Bonchev–Trinajstić information content (AvgIpc) is 2.68. The van der Waals surface area contributed by atoms with Crippen molar-refractivity contribution >= 4 is 34.6 Å². The second kappa shape index (κ2) is 7.54. The molecule has 0 saturated carbocycles. The Morgan fingerprint density at radius 1 is 1.14 bits per heavy atom. The molecular weight excluding hydrogens is 384 g/mol. The molecule has 0 spiro atoms. The Bertz CT molecular complexity index is 1000. The number of likely N-dealkylation sites (N-methyl/N-ethyl adjacent to an activating group) is 1. The molecule has 0 bridgehead atoms. The van der Waals surface area contributed by atoms with Gasteiger partial charge in [-0.25, -0.2) is 0 Å². The standard InChI is InChI=1S/C18H16N4O7/c1-3-20-15-8-12(4-5-16(15)29-10(2)18(20)24)19-17(23)11-6-13(21(25)26)9-14(7-11)22(27)28/h4-10H,3H2,1-2H3,(H,19,23). The van der Waals surface area contributed by atoms with Crippen molar-refractivity contribution in [2.75, 3.05) is 16.8 Å². The lowest BCUT2D eigenvalue weighted by Gasteiger charge is -2.32. The van der Waals surface area contributed by atoms with Crippen molar-refractivity contribution in [2.45, 2.75) is 20.0 Å². The normalized spacial score (nSPS) is 15.3. The first-order chi connectivity index (χ1) is 13.7. The molecule has 2 aromatic rings. The van der Waals surface area contributed by atoms with E-state index in [0.717, 1.165) is 18.2 Å². The van der Waals surface area contributed by atoms with Crippen molar-refractivity contribution in [3.05, 3.63) is 62.2 Å². The summed E-state index contributed by atoms with van der Waals surface area (Å²) in [6, 6.07) is 7.34. The third kappa shape index (κ3) is 3.83. The third-order valence-electron chi connectivity index (χ3n) is 4.33. The van der Waals surface area contributed by atoms with Gasteiger partial charge in [-0.15, -0.1) is 0 Å². The summed E-state index contributed by atoms with van der Waals surface area (Å²) >= 11 is 0. The summed E-state index contributed by atoms with van der Waals surface area (Å²) in [6.45, 7) is 3.83. The quantitative estimate of drug-likeness (QED) is 0.600. The summed E-state index contributed by atoms with van der Waals surface area (Å²) in [5.41, 5.74) is -0.609. The van der Waals surface area contributed by atoms with E-state index < -0.39 is 33.2 Å². The molecule has 1 unspecified atom stereocenters. The minimum atomic E-state index is -0.814. The van der Waals surface area contributed by atoms with Crippen LogP contribution in [0.3, 0.4) is 0 Å². The minimum absolute atomic E-state index is 0.224. The summed E-state index contributed by atoms with van der Waals surface area (Å²) < 4.78 is 5.55. The number of nitrogens with one attached hydrogen (secondary N) is 1. The van der Waals surface area contributed by atoms with Gasteiger partial charge in [0, 0.05) is 24.4 Å². The van der Waals surface area contributed by atoms with Crippen LogP contribution in [0.2, 0.25) is 0 Å². The Labute approximate surface area is 164 Å². The number of benzene rings is 2. The van der Waals surface area contributed by atoms with Crippen molar-refractivity contribution in [2.24, 2.45) is 0 Å². The molecule has 29 heavy (non-hydrogen) atoms. The molecule has 1 aliphatic heterocycles. The molecule has 0 aliphatic carbocycles. The molecule has 1 atom stereocenters. The van der Waals surface area contributed by atoms with Crippen LogP contribution in [0.5, 0.6) is 5.75 Å². The van der Waals surface area contributed by atoms with Gasteiger partial charge in [-0.05, 0) is 32.0 Å². The largest absolute Gasteiger partial charge is 0.479 e.